The normalized spacial score (nSPS) is 29.8. The summed E-state index contributed by atoms with van der Waals surface area (Å²) < 4.78 is 5.67. The molecule has 1 amide bonds. The molecule has 4 aliphatic carbocycles. The first-order valence-corrected chi connectivity index (χ1v) is 11.0. The zero-order valence-electron chi connectivity index (χ0n) is 17.1. The lowest BCUT2D eigenvalue weighted by Crippen LogP contribution is -2.51. The maximum Gasteiger partial charge on any atom is 0.312 e. The molecule has 0 spiro atoms. The van der Waals surface area contributed by atoms with Gasteiger partial charge in [-0.1, -0.05) is 36.4 Å². The van der Waals surface area contributed by atoms with Crippen molar-refractivity contribution in [3.8, 4) is 0 Å². The molecule has 0 saturated heterocycles. The van der Waals surface area contributed by atoms with Gasteiger partial charge in [0.25, 0.3) is 5.91 Å². The Morgan fingerprint density at radius 2 is 1.59 bits per heavy atom. The monoisotopic (exact) mass is 391 g/mol. The molecule has 4 fully saturated rings. The molecule has 0 aromatic heterocycles. The van der Waals surface area contributed by atoms with Crippen LogP contribution in [0, 0.1) is 23.2 Å². The second-order valence-electron chi connectivity index (χ2n) is 9.41. The first kappa shape index (κ1) is 18.7. The van der Waals surface area contributed by atoms with Crippen molar-refractivity contribution in [1.29, 1.82) is 0 Å². The molecule has 4 heteroatoms. The fourth-order valence-electron chi connectivity index (χ4n) is 6.64. The largest absolute Gasteiger partial charge is 0.455 e. The maximum absolute atomic E-state index is 13.1. The Bertz CT molecular complexity index is 909. The molecular formula is C25H29NO3. The Balaban J connectivity index is 1.30. The smallest absolute Gasteiger partial charge is 0.312 e. The summed E-state index contributed by atoms with van der Waals surface area (Å²) in [6, 6.07) is 14.0. The number of carbonyl (C=O) groups is 2. The molecule has 2 aromatic carbocycles. The highest BCUT2D eigenvalue weighted by Gasteiger charge is 2.55. The van der Waals surface area contributed by atoms with Crippen LogP contribution in [0.25, 0.3) is 10.8 Å². The Kier molecular flexibility index (Phi) is 4.60. The van der Waals surface area contributed by atoms with Gasteiger partial charge in [-0.05, 0) is 74.7 Å². The molecule has 152 valence electrons. The van der Waals surface area contributed by atoms with Gasteiger partial charge >= 0.3 is 5.97 Å². The Labute approximate surface area is 172 Å². The first-order chi connectivity index (χ1) is 14.1. The van der Waals surface area contributed by atoms with E-state index in [-0.39, 0.29) is 23.9 Å². The minimum absolute atomic E-state index is 0.126. The van der Waals surface area contributed by atoms with E-state index in [4.69, 9.17) is 4.74 Å². The van der Waals surface area contributed by atoms with E-state index in [0.717, 1.165) is 35.7 Å². The molecule has 4 nitrogen and oxygen atoms in total. The number of hydrogen-bond donors (Lipinski definition) is 0. The van der Waals surface area contributed by atoms with Crippen LogP contribution in [0.15, 0.2) is 42.5 Å². The van der Waals surface area contributed by atoms with E-state index >= 15 is 0 Å². The summed E-state index contributed by atoms with van der Waals surface area (Å²) >= 11 is 0. The number of fused-ring (bicyclic) bond motifs is 1. The van der Waals surface area contributed by atoms with E-state index in [1.165, 1.54) is 19.3 Å². The molecule has 0 radical (unpaired) electrons. The molecule has 4 bridgehead atoms. The number of likely N-dealkylation sites (N-methyl/N-ethyl adjacent to an activating group) is 1. The molecule has 4 aliphatic rings. The third-order valence-electron chi connectivity index (χ3n) is 7.47. The van der Waals surface area contributed by atoms with E-state index < -0.39 is 0 Å². The predicted octanol–water partition coefficient (Wildman–Crippen LogP) is 4.95. The summed E-state index contributed by atoms with van der Waals surface area (Å²) in [6.07, 6.45) is 6.76. The SMILES string of the molecule is CCN(C(=O)COC(=O)C12CC3CC(CC(C3)C1)C2)c1cccc2ccccc12. The second-order valence-corrected chi connectivity index (χ2v) is 9.41. The highest BCUT2D eigenvalue weighted by molar-refractivity contribution is 6.04. The molecule has 2 aromatic rings. The lowest BCUT2D eigenvalue weighted by molar-refractivity contribution is -0.172. The summed E-state index contributed by atoms with van der Waals surface area (Å²) in [6.45, 7) is 2.33. The van der Waals surface area contributed by atoms with Gasteiger partial charge < -0.3 is 9.64 Å². The van der Waals surface area contributed by atoms with Crippen molar-refractivity contribution in [2.75, 3.05) is 18.1 Å². The minimum Gasteiger partial charge on any atom is -0.455 e. The van der Waals surface area contributed by atoms with Crippen molar-refractivity contribution in [1.82, 2.24) is 0 Å². The van der Waals surface area contributed by atoms with Crippen molar-refractivity contribution < 1.29 is 14.3 Å². The lowest BCUT2D eigenvalue weighted by atomic mass is 9.49. The van der Waals surface area contributed by atoms with Gasteiger partial charge in [0, 0.05) is 11.9 Å². The first-order valence-electron chi connectivity index (χ1n) is 11.0. The fraction of sp³-hybridized carbons (Fsp3) is 0.520. The summed E-state index contributed by atoms with van der Waals surface area (Å²) in [5, 5.41) is 2.14. The lowest BCUT2D eigenvalue weighted by Gasteiger charge is -2.55. The second kappa shape index (κ2) is 7.16. The van der Waals surface area contributed by atoms with E-state index in [0.29, 0.717) is 24.3 Å². The quantitative estimate of drug-likeness (QED) is 0.678. The third kappa shape index (κ3) is 3.23. The van der Waals surface area contributed by atoms with Gasteiger partial charge in [0.05, 0.1) is 11.1 Å². The van der Waals surface area contributed by atoms with Gasteiger partial charge in [0.15, 0.2) is 6.61 Å². The Morgan fingerprint density at radius 1 is 0.966 bits per heavy atom. The van der Waals surface area contributed by atoms with Crippen LogP contribution in [0.1, 0.15) is 45.4 Å². The molecule has 0 atom stereocenters. The number of esters is 1. The molecule has 0 unspecified atom stereocenters. The summed E-state index contributed by atoms with van der Waals surface area (Å²) in [5.74, 6) is 1.79. The number of benzene rings is 2. The van der Waals surface area contributed by atoms with E-state index in [9.17, 15) is 9.59 Å². The fourth-order valence-corrected chi connectivity index (χ4v) is 6.64. The van der Waals surface area contributed by atoms with Crippen LogP contribution in [0.3, 0.4) is 0 Å². The average molecular weight is 392 g/mol. The van der Waals surface area contributed by atoms with Gasteiger partial charge in [-0.25, -0.2) is 0 Å². The molecule has 0 heterocycles. The molecular weight excluding hydrogens is 362 g/mol. The molecule has 6 rings (SSSR count). The number of hydrogen-bond acceptors (Lipinski definition) is 3. The van der Waals surface area contributed by atoms with Gasteiger partial charge in [0.1, 0.15) is 0 Å². The third-order valence-corrected chi connectivity index (χ3v) is 7.47. The van der Waals surface area contributed by atoms with Crippen molar-refractivity contribution in [3.63, 3.8) is 0 Å². The van der Waals surface area contributed by atoms with Crippen molar-refractivity contribution in [2.45, 2.75) is 45.4 Å². The number of rotatable bonds is 5. The summed E-state index contributed by atoms with van der Waals surface area (Å²) in [5.41, 5.74) is 0.562. The minimum atomic E-state index is -0.314. The summed E-state index contributed by atoms with van der Waals surface area (Å²) in [7, 11) is 0. The standard InChI is InChI=1S/C25H29NO3/c1-2-26(22-9-5-7-20-6-3-4-8-21(20)22)23(27)16-29-24(28)25-13-17-10-18(14-25)12-19(11-17)15-25/h3-9,17-19H,2,10-16H2,1H3. The molecule has 4 saturated carbocycles. The molecule has 29 heavy (non-hydrogen) atoms. The van der Waals surface area contributed by atoms with Gasteiger partial charge in [0.2, 0.25) is 0 Å². The molecule has 0 aliphatic heterocycles. The van der Waals surface area contributed by atoms with Crippen LogP contribution in [0.5, 0.6) is 0 Å². The summed E-state index contributed by atoms with van der Waals surface area (Å²) in [4.78, 5) is 27.8. The number of anilines is 1. The van der Waals surface area contributed by atoms with E-state index in [1.54, 1.807) is 4.90 Å². The maximum atomic E-state index is 13.1. The number of carbonyl (C=O) groups excluding carboxylic acids is 2. The highest BCUT2D eigenvalue weighted by atomic mass is 16.5. The van der Waals surface area contributed by atoms with Crippen LogP contribution in [0.2, 0.25) is 0 Å². The van der Waals surface area contributed by atoms with Crippen LogP contribution < -0.4 is 4.90 Å². The average Bonchev–Trinajstić information content (AvgIpc) is 2.71. The van der Waals surface area contributed by atoms with Crippen LogP contribution in [-0.4, -0.2) is 25.0 Å². The Hall–Kier alpha value is -2.36. The number of nitrogens with zero attached hydrogens (tertiary/aromatic N) is 1. The van der Waals surface area contributed by atoms with Gasteiger partial charge in [-0.15, -0.1) is 0 Å². The number of ether oxygens (including phenoxy) is 1. The molecule has 0 N–H and O–H groups in total. The van der Waals surface area contributed by atoms with E-state index in [1.807, 2.05) is 49.4 Å². The number of amides is 1. The van der Waals surface area contributed by atoms with Crippen molar-refractivity contribution in [3.05, 3.63) is 42.5 Å². The zero-order valence-corrected chi connectivity index (χ0v) is 17.1. The zero-order chi connectivity index (χ0) is 20.0. The van der Waals surface area contributed by atoms with Crippen LogP contribution in [0.4, 0.5) is 5.69 Å². The van der Waals surface area contributed by atoms with Crippen molar-refractivity contribution >= 4 is 28.3 Å². The topological polar surface area (TPSA) is 46.6 Å². The van der Waals surface area contributed by atoms with Gasteiger partial charge in [-0.2, -0.15) is 0 Å². The van der Waals surface area contributed by atoms with Crippen LogP contribution >= 0.6 is 0 Å². The van der Waals surface area contributed by atoms with Gasteiger partial charge in [-0.3, -0.25) is 9.59 Å². The highest BCUT2D eigenvalue weighted by Crippen LogP contribution is 2.60. The van der Waals surface area contributed by atoms with E-state index in [2.05, 4.69) is 0 Å². The van der Waals surface area contributed by atoms with Crippen molar-refractivity contribution in [2.24, 2.45) is 23.2 Å². The van der Waals surface area contributed by atoms with Crippen LogP contribution in [-0.2, 0) is 14.3 Å². The predicted molar refractivity (Wildman–Crippen MR) is 114 cm³/mol. The Morgan fingerprint density at radius 3 is 2.24 bits per heavy atom.